The molecule has 29 heavy (non-hydrogen) atoms. The summed E-state index contributed by atoms with van der Waals surface area (Å²) in [5.74, 6) is 0.611. The molecule has 3 rings (SSSR count). The lowest BCUT2D eigenvalue weighted by molar-refractivity contribution is -0.118. The van der Waals surface area contributed by atoms with E-state index >= 15 is 0 Å². The monoisotopic (exact) mass is 407 g/mol. The van der Waals surface area contributed by atoms with Crippen LogP contribution in [-0.2, 0) is 4.79 Å². The number of benzene rings is 3. The highest BCUT2D eigenvalue weighted by molar-refractivity contribution is 6.30. The van der Waals surface area contributed by atoms with Crippen LogP contribution in [0.25, 0.3) is 0 Å². The van der Waals surface area contributed by atoms with Gasteiger partial charge in [0.2, 0.25) is 0 Å². The van der Waals surface area contributed by atoms with E-state index in [9.17, 15) is 9.59 Å². The lowest BCUT2D eigenvalue weighted by atomic mass is 10.0. The number of rotatable bonds is 7. The van der Waals surface area contributed by atoms with E-state index in [1.165, 1.54) is 5.56 Å². The third-order valence-corrected chi connectivity index (χ3v) is 4.71. The van der Waals surface area contributed by atoms with Crippen LogP contribution in [0.2, 0.25) is 5.02 Å². The van der Waals surface area contributed by atoms with Crippen molar-refractivity contribution in [2.75, 3.05) is 11.9 Å². The van der Waals surface area contributed by atoms with E-state index in [0.717, 1.165) is 5.69 Å². The zero-order valence-electron chi connectivity index (χ0n) is 16.3. The number of halogens is 1. The fourth-order valence-electron chi connectivity index (χ4n) is 2.77. The molecule has 5 heteroatoms. The SMILES string of the molecule is CC(C)c1ccc(NC(=O)COc2ccc(C(=O)c3ccc(Cl)cc3)cc2)cc1. The van der Waals surface area contributed by atoms with Gasteiger partial charge in [0, 0.05) is 21.8 Å². The summed E-state index contributed by atoms with van der Waals surface area (Å²) < 4.78 is 5.52. The number of carbonyl (C=O) groups excluding carboxylic acids is 2. The summed E-state index contributed by atoms with van der Waals surface area (Å²) in [6.45, 7) is 4.13. The van der Waals surface area contributed by atoms with Crippen molar-refractivity contribution in [2.45, 2.75) is 19.8 Å². The normalized spacial score (nSPS) is 10.6. The fraction of sp³-hybridized carbons (Fsp3) is 0.167. The van der Waals surface area contributed by atoms with E-state index in [1.54, 1.807) is 48.5 Å². The molecular formula is C24H22ClNO3. The van der Waals surface area contributed by atoms with Crippen LogP contribution < -0.4 is 10.1 Å². The molecule has 0 unspecified atom stereocenters. The van der Waals surface area contributed by atoms with Crippen molar-refractivity contribution in [1.29, 1.82) is 0 Å². The highest BCUT2D eigenvalue weighted by atomic mass is 35.5. The predicted molar refractivity (Wildman–Crippen MR) is 116 cm³/mol. The standard InChI is InChI=1S/C24H22ClNO3/c1-16(2)17-5-11-21(12-6-17)26-23(27)15-29-22-13-7-19(8-14-22)24(28)18-3-9-20(25)10-4-18/h3-14,16H,15H2,1-2H3,(H,26,27). The first-order chi connectivity index (χ1) is 13.9. The minimum Gasteiger partial charge on any atom is -0.484 e. The molecule has 0 aromatic heterocycles. The summed E-state index contributed by atoms with van der Waals surface area (Å²) >= 11 is 5.85. The van der Waals surface area contributed by atoms with Gasteiger partial charge in [0.1, 0.15) is 5.75 Å². The topological polar surface area (TPSA) is 55.4 Å². The van der Waals surface area contributed by atoms with Crippen LogP contribution in [0.1, 0.15) is 41.3 Å². The molecule has 1 amide bonds. The molecule has 0 aliphatic carbocycles. The van der Waals surface area contributed by atoms with Gasteiger partial charge in [-0.3, -0.25) is 9.59 Å². The van der Waals surface area contributed by atoms with Gasteiger partial charge in [-0.05, 0) is 72.1 Å². The van der Waals surface area contributed by atoms with Crippen molar-refractivity contribution in [2.24, 2.45) is 0 Å². The van der Waals surface area contributed by atoms with E-state index in [1.807, 2.05) is 24.3 Å². The molecule has 0 bridgehead atoms. The maximum Gasteiger partial charge on any atom is 0.262 e. The van der Waals surface area contributed by atoms with Gasteiger partial charge in [-0.2, -0.15) is 0 Å². The van der Waals surface area contributed by atoms with Crippen molar-refractivity contribution in [3.63, 3.8) is 0 Å². The van der Waals surface area contributed by atoms with Crippen LogP contribution in [0.3, 0.4) is 0 Å². The Morgan fingerprint density at radius 1 is 0.862 bits per heavy atom. The fourth-order valence-corrected chi connectivity index (χ4v) is 2.89. The largest absolute Gasteiger partial charge is 0.484 e. The first kappa shape index (κ1) is 20.6. The summed E-state index contributed by atoms with van der Waals surface area (Å²) in [6.07, 6.45) is 0. The van der Waals surface area contributed by atoms with Crippen LogP contribution in [0, 0.1) is 0 Å². The predicted octanol–water partition coefficient (Wildman–Crippen LogP) is 5.71. The Hall–Kier alpha value is -3.11. The second-order valence-electron chi connectivity index (χ2n) is 6.97. The molecule has 0 fully saturated rings. The van der Waals surface area contributed by atoms with Crippen LogP contribution in [0.4, 0.5) is 5.69 Å². The Kier molecular flexibility index (Phi) is 6.68. The van der Waals surface area contributed by atoms with Crippen molar-refractivity contribution < 1.29 is 14.3 Å². The highest BCUT2D eigenvalue weighted by Gasteiger charge is 2.10. The summed E-state index contributed by atoms with van der Waals surface area (Å²) in [7, 11) is 0. The number of carbonyl (C=O) groups is 2. The zero-order valence-corrected chi connectivity index (χ0v) is 17.1. The Morgan fingerprint density at radius 3 is 1.97 bits per heavy atom. The summed E-state index contributed by atoms with van der Waals surface area (Å²) in [5.41, 5.74) is 3.04. The second-order valence-corrected chi connectivity index (χ2v) is 7.41. The van der Waals surface area contributed by atoms with E-state index in [2.05, 4.69) is 19.2 Å². The Morgan fingerprint density at radius 2 is 1.41 bits per heavy atom. The van der Waals surface area contributed by atoms with E-state index in [0.29, 0.717) is 27.8 Å². The van der Waals surface area contributed by atoms with Gasteiger partial charge in [-0.1, -0.05) is 37.6 Å². The first-order valence-corrected chi connectivity index (χ1v) is 9.73. The second kappa shape index (κ2) is 9.39. The van der Waals surface area contributed by atoms with Crippen molar-refractivity contribution >= 4 is 29.0 Å². The summed E-state index contributed by atoms with van der Waals surface area (Å²) in [4.78, 5) is 24.5. The number of ether oxygens (including phenoxy) is 1. The van der Waals surface area contributed by atoms with Crippen LogP contribution in [0.5, 0.6) is 5.75 Å². The average Bonchev–Trinajstić information content (AvgIpc) is 2.73. The zero-order chi connectivity index (χ0) is 20.8. The molecule has 0 aliphatic heterocycles. The van der Waals surface area contributed by atoms with Gasteiger partial charge in [0.15, 0.2) is 12.4 Å². The number of ketones is 1. The maximum absolute atomic E-state index is 12.5. The van der Waals surface area contributed by atoms with Crippen LogP contribution in [0.15, 0.2) is 72.8 Å². The van der Waals surface area contributed by atoms with Crippen molar-refractivity contribution in [3.8, 4) is 5.75 Å². The molecule has 0 saturated carbocycles. The average molecular weight is 408 g/mol. The molecule has 0 heterocycles. The van der Waals surface area contributed by atoms with Gasteiger partial charge < -0.3 is 10.1 Å². The number of amides is 1. The van der Waals surface area contributed by atoms with Gasteiger partial charge in [0.05, 0.1) is 0 Å². The molecule has 0 aliphatic rings. The lowest BCUT2D eigenvalue weighted by Gasteiger charge is -2.10. The molecule has 148 valence electrons. The van der Waals surface area contributed by atoms with Gasteiger partial charge in [-0.25, -0.2) is 0 Å². The molecule has 0 spiro atoms. The summed E-state index contributed by atoms with van der Waals surface area (Å²) in [5, 5.41) is 3.39. The van der Waals surface area contributed by atoms with E-state index in [4.69, 9.17) is 16.3 Å². The van der Waals surface area contributed by atoms with Crippen LogP contribution in [-0.4, -0.2) is 18.3 Å². The highest BCUT2D eigenvalue weighted by Crippen LogP contribution is 2.19. The molecule has 3 aromatic carbocycles. The molecule has 0 radical (unpaired) electrons. The lowest BCUT2D eigenvalue weighted by Crippen LogP contribution is -2.20. The van der Waals surface area contributed by atoms with Crippen molar-refractivity contribution in [3.05, 3.63) is 94.5 Å². The Labute approximate surface area is 175 Å². The molecule has 0 atom stereocenters. The Bertz CT molecular complexity index is 978. The number of anilines is 1. The summed E-state index contributed by atoms with van der Waals surface area (Å²) in [6, 6.07) is 21.2. The Balaban J connectivity index is 1.53. The minimum atomic E-state index is -0.247. The molecule has 4 nitrogen and oxygen atoms in total. The smallest absolute Gasteiger partial charge is 0.262 e. The number of nitrogens with one attached hydrogen (secondary N) is 1. The van der Waals surface area contributed by atoms with Gasteiger partial charge in [-0.15, -0.1) is 0 Å². The third-order valence-electron chi connectivity index (χ3n) is 4.45. The third kappa shape index (κ3) is 5.69. The number of hydrogen-bond donors (Lipinski definition) is 1. The quantitative estimate of drug-likeness (QED) is 0.510. The number of hydrogen-bond acceptors (Lipinski definition) is 3. The molecular weight excluding hydrogens is 386 g/mol. The van der Waals surface area contributed by atoms with Gasteiger partial charge in [0.25, 0.3) is 5.91 Å². The van der Waals surface area contributed by atoms with Crippen molar-refractivity contribution in [1.82, 2.24) is 0 Å². The first-order valence-electron chi connectivity index (χ1n) is 9.35. The molecule has 3 aromatic rings. The van der Waals surface area contributed by atoms with Gasteiger partial charge >= 0.3 is 0 Å². The maximum atomic E-state index is 12.5. The molecule has 0 saturated heterocycles. The van der Waals surface area contributed by atoms with E-state index < -0.39 is 0 Å². The van der Waals surface area contributed by atoms with E-state index in [-0.39, 0.29) is 18.3 Å². The minimum absolute atomic E-state index is 0.101. The molecule has 1 N–H and O–H groups in total. The van der Waals surface area contributed by atoms with Crippen LogP contribution >= 0.6 is 11.6 Å².